The summed E-state index contributed by atoms with van der Waals surface area (Å²) < 4.78 is 17.9. The van der Waals surface area contributed by atoms with Crippen LogP contribution in [0.1, 0.15) is 20.8 Å². The number of benzene rings is 1. The molecule has 5 nitrogen and oxygen atoms in total. The number of ether oxygens (including phenoxy) is 1. The summed E-state index contributed by atoms with van der Waals surface area (Å²) in [6.45, 7) is 0. The molecule has 2 aromatic rings. The van der Waals surface area contributed by atoms with Crippen molar-refractivity contribution in [2.45, 2.75) is 0 Å². The number of rotatable bonds is 3. The Morgan fingerprint density at radius 3 is 2.71 bits per heavy atom. The molecule has 1 heterocycles. The Balaban J connectivity index is 2.24. The quantitative estimate of drug-likeness (QED) is 0.699. The molecule has 0 aliphatic carbocycles. The molecule has 0 spiro atoms. The Morgan fingerprint density at radius 1 is 1.29 bits per heavy atom. The van der Waals surface area contributed by atoms with Gasteiger partial charge >= 0.3 is 5.97 Å². The van der Waals surface area contributed by atoms with E-state index in [4.69, 9.17) is 11.6 Å². The molecule has 0 atom stereocenters. The third-order valence-corrected chi connectivity index (χ3v) is 2.79. The number of anilines is 1. The van der Waals surface area contributed by atoms with Gasteiger partial charge < -0.3 is 10.1 Å². The first-order chi connectivity index (χ1) is 10.0. The smallest absolute Gasteiger partial charge is 0.340 e. The maximum Gasteiger partial charge on any atom is 0.340 e. The fourth-order valence-corrected chi connectivity index (χ4v) is 1.76. The van der Waals surface area contributed by atoms with E-state index in [1.807, 2.05) is 0 Å². The average Bonchev–Trinajstić information content (AvgIpc) is 2.48. The monoisotopic (exact) mass is 308 g/mol. The van der Waals surface area contributed by atoms with Gasteiger partial charge in [0, 0.05) is 5.69 Å². The number of hydrogen-bond acceptors (Lipinski definition) is 4. The van der Waals surface area contributed by atoms with Crippen molar-refractivity contribution in [1.29, 1.82) is 0 Å². The number of nitrogens with zero attached hydrogens (tertiary/aromatic N) is 1. The normalized spacial score (nSPS) is 10.0. The molecule has 0 fully saturated rings. The standard InChI is InChI=1S/C14H10ClFN2O3/c1-21-14(20)9-7-8(5-6-10(9)16)17-13(19)11-3-2-4-12(15)18-11/h2-7H,1H3,(H,17,19). The predicted molar refractivity (Wildman–Crippen MR) is 74.9 cm³/mol. The highest BCUT2D eigenvalue weighted by Gasteiger charge is 2.14. The van der Waals surface area contributed by atoms with Crippen LogP contribution >= 0.6 is 11.6 Å². The first kappa shape index (κ1) is 14.9. The van der Waals surface area contributed by atoms with E-state index in [9.17, 15) is 14.0 Å². The fraction of sp³-hybridized carbons (Fsp3) is 0.0714. The number of carbonyl (C=O) groups is 2. The lowest BCUT2D eigenvalue weighted by Crippen LogP contribution is -2.14. The van der Waals surface area contributed by atoms with Gasteiger partial charge in [-0.05, 0) is 30.3 Å². The predicted octanol–water partition coefficient (Wildman–Crippen LogP) is 2.91. The molecule has 0 saturated carbocycles. The second-order valence-electron chi connectivity index (χ2n) is 3.99. The van der Waals surface area contributed by atoms with Crippen LogP contribution in [-0.2, 0) is 4.74 Å². The summed E-state index contributed by atoms with van der Waals surface area (Å²) in [5, 5.41) is 2.68. The number of pyridine rings is 1. The lowest BCUT2D eigenvalue weighted by Gasteiger charge is -2.07. The summed E-state index contributed by atoms with van der Waals surface area (Å²) in [6, 6.07) is 8.16. The largest absolute Gasteiger partial charge is 0.465 e. The molecule has 0 aliphatic heterocycles. The van der Waals surface area contributed by atoms with Gasteiger partial charge in [-0.3, -0.25) is 4.79 Å². The van der Waals surface area contributed by atoms with E-state index in [-0.39, 0.29) is 22.1 Å². The summed E-state index contributed by atoms with van der Waals surface area (Å²) in [5.41, 5.74) is 0.0735. The number of nitrogens with one attached hydrogen (secondary N) is 1. The van der Waals surface area contributed by atoms with Crippen LogP contribution in [0.15, 0.2) is 36.4 Å². The Labute approximate surface area is 124 Å². The molecule has 108 valence electrons. The maximum atomic E-state index is 13.5. The van der Waals surface area contributed by atoms with Crippen LogP contribution in [0.4, 0.5) is 10.1 Å². The molecule has 0 unspecified atom stereocenters. The molecule has 2 rings (SSSR count). The van der Waals surface area contributed by atoms with E-state index in [1.54, 1.807) is 6.07 Å². The lowest BCUT2D eigenvalue weighted by atomic mass is 10.2. The van der Waals surface area contributed by atoms with Crippen LogP contribution in [-0.4, -0.2) is 24.0 Å². The van der Waals surface area contributed by atoms with E-state index in [0.717, 1.165) is 13.2 Å². The van der Waals surface area contributed by atoms with Gasteiger partial charge in [0.2, 0.25) is 0 Å². The summed E-state index contributed by atoms with van der Waals surface area (Å²) in [4.78, 5) is 27.2. The van der Waals surface area contributed by atoms with Crippen molar-refractivity contribution in [2.75, 3.05) is 12.4 Å². The Hall–Kier alpha value is -2.47. The Bertz CT molecular complexity index is 706. The van der Waals surface area contributed by atoms with Gasteiger partial charge in [-0.2, -0.15) is 0 Å². The Kier molecular flexibility index (Phi) is 4.49. The third kappa shape index (κ3) is 3.55. The number of amides is 1. The minimum Gasteiger partial charge on any atom is -0.465 e. The van der Waals surface area contributed by atoms with Gasteiger partial charge in [0.15, 0.2) is 0 Å². The van der Waals surface area contributed by atoms with Crippen molar-refractivity contribution in [3.05, 3.63) is 58.6 Å². The average molecular weight is 309 g/mol. The minimum absolute atomic E-state index is 0.103. The van der Waals surface area contributed by atoms with Gasteiger partial charge in [0.25, 0.3) is 5.91 Å². The second kappa shape index (κ2) is 6.32. The zero-order valence-electron chi connectivity index (χ0n) is 10.9. The molecule has 0 radical (unpaired) electrons. The highest BCUT2D eigenvalue weighted by atomic mass is 35.5. The molecule has 1 amide bonds. The number of carbonyl (C=O) groups excluding carboxylic acids is 2. The third-order valence-electron chi connectivity index (χ3n) is 2.58. The summed E-state index contributed by atoms with van der Waals surface area (Å²) >= 11 is 5.70. The van der Waals surface area contributed by atoms with Crippen LogP contribution in [0.25, 0.3) is 0 Å². The van der Waals surface area contributed by atoms with Crippen LogP contribution in [0, 0.1) is 5.82 Å². The zero-order chi connectivity index (χ0) is 15.4. The number of halogens is 2. The fourth-order valence-electron chi connectivity index (χ4n) is 1.60. The van der Waals surface area contributed by atoms with Crippen molar-refractivity contribution in [1.82, 2.24) is 4.98 Å². The molecule has 7 heteroatoms. The summed E-state index contributed by atoms with van der Waals surface area (Å²) in [5.74, 6) is -2.09. The van der Waals surface area contributed by atoms with Crippen LogP contribution < -0.4 is 5.32 Å². The number of esters is 1. The zero-order valence-corrected chi connectivity index (χ0v) is 11.6. The van der Waals surface area contributed by atoms with Gasteiger partial charge in [-0.1, -0.05) is 17.7 Å². The molecule has 0 saturated heterocycles. The van der Waals surface area contributed by atoms with Crippen LogP contribution in [0.5, 0.6) is 0 Å². The van der Waals surface area contributed by atoms with Crippen LogP contribution in [0.2, 0.25) is 5.15 Å². The first-order valence-corrected chi connectivity index (χ1v) is 6.21. The van der Waals surface area contributed by atoms with E-state index < -0.39 is 17.7 Å². The van der Waals surface area contributed by atoms with E-state index in [2.05, 4.69) is 15.0 Å². The second-order valence-corrected chi connectivity index (χ2v) is 4.37. The lowest BCUT2D eigenvalue weighted by molar-refractivity contribution is 0.0595. The van der Waals surface area contributed by atoms with Crippen molar-refractivity contribution >= 4 is 29.2 Å². The SMILES string of the molecule is COC(=O)c1cc(NC(=O)c2cccc(Cl)n2)ccc1F. The van der Waals surface area contributed by atoms with Gasteiger partial charge in [0.05, 0.1) is 12.7 Å². The molecule has 1 N–H and O–H groups in total. The summed E-state index contributed by atoms with van der Waals surface area (Å²) in [7, 11) is 1.14. The van der Waals surface area contributed by atoms with Crippen molar-refractivity contribution in [3.63, 3.8) is 0 Å². The molecule has 0 bridgehead atoms. The molecule has 0 aliphatic rings. The topological polar surface area (TPSA) is 68.3 Å². The highest BCUT2D eigenvalue weighted by Crippen LogP contribution is 2.16. The Morgan fingerprint density at radius 2 is 2.05 bits per heavy atom. The highest BCUT2D eigenvalue weighted by molar-refractivity contribution is 6.29. The number of hydrogen-bond donors (Lipinski definition) is 1. The molecule has 1 aromatic heterocycles. The summed E-state index contributed by atoms with van der Waals surface area (Å²) in [6.07, 6.45) is 0. The van der Waals surface area contributed by atoms with Gasteiger partial charge in [0.1, 0.15) is 16.7 Å². The van der Waals surface area contributed by atoms with Gasteiger partial charge in [-0.15, -0.1) is 0 Å². The number of aromatic nitrogens is 1. The van der Waals surface area contributed by atoms with Crippen molar-refractivity contribution in [2.24, 2.45) is 0 Å². The maximum absolute atomic E-state index is 13.5. The van der Waals surface area contributed by atoms with Crippen LogP contribution in [0.3, 0.4) is 0 Å². The molecule has 1 aromatic carbocycles. The van der Waals surface area contributed by atoms with Crippen molar-refractivity contribution in [3.8, 4) is 0 Å². The minimum atomic E-state index is -0.829. The molecule has 21 heavy (non-hydrogen) atoms. The first-order valence-electron chi connectivity index (χ1n) is 5.83. The van der Waals surface area contributed by atoms with E-state index >= 15 is 0 Å². The van der Waals surface area contributed by atoms with E-state index in [1.165, 1.54) is 24.3 Å². The molecular formula is C14H10ClFN2O3. The molecular weight excluding hydrogens is 299 g/mol. The van der Waals surface area contributed by atoms with Crippen molar-refractivity contribution < 1.29 is 18.7 Å². The number of methoxy groups -OCH3 is 1. The van der Waals surface area contributed by atoms with Gasteiger partial charge in [-0.25, -0.2) is 14.2 Å². The van der Waals surface area contributed by atoms with E-state index in [0.29, 0.717) is 0 Å².